The minimum atomic E-state index is -3.36. The molecule has 2 rings (SSSR count). The molecule has 1 N–H and O–H groups in total. The Balaban J connectivity index is 2.37. The Morgan fingerprint density at radius 1 is 1.42 bits per heavy atom. The lowest BCUT2D eigenvalue weighted by molar-refractivity contribution is 0.139. The molecule has 0 aromatic heterocycles. The fraction of sp³-hybridized carbons (Fsp3) is 0.571. The Hall–Kier alpha value is -1.07. The summed E-state index contributed by atoms with van der Waals surface area (Å²) in [4.78, 5) is 0. The molecule has 19 heavy (non-hydrogen) atoms. The van der Waals surface area contributed by atoms with Crippen molar-refractivity contribution in [2.75, 3.05) is 6.26 Å². The van der Waals surface area contributed by atoms with E-state index in [0.29, 0.717) is 5.56 Å². The van der Waals surface area contributed by atoms with Crippen molar-refractivity contribution in [2.24, 2.45) is 0 Å². The number of benzene rings is 1. The molecular weight excluding hydrogens is 264 g/mol. The zero-order valence-corrected chi connectivity index (χ0v) is 12.5. The molecule has 4 nitrogen and oxygen atoms in total. The summed E-state index contributed by atoms with van der Waals surface area (Å²) in [5.74, 6) is 0.820. The molecule has 1 aromatic rings. The fourth-order valence-electron chi connectivity index (χ4n) is 2.22. The van der Waals surface area contributed by atoms with E-state index in [1.165, 1.54) is 0 Å². The van der Waals surface area contributed by atoms with Crippen molar-refractivity contribution in [1.82, 2.24) is 0 Å². The average molecular weight is 284 g/mol. The van der Waals surface area contributed by atoms with E-state index in [1.54, 1.807) is 26.0 Å². The topological polar surface area (TPSA) is 63.6 Å². The van der Waals surface area contributed by atoms with E-state index < -0.39 is 20.7 Å². The van der Waals surface area contributed by atoms with Gasteiger partial charge in [-0.25, -0.2) is 8.42 Å². The molecule has 1 aromatic carbocycles. The summed E-state index contributed by atoms with van der Waals surface area (Å²) in [5, 5.41) is 10.4. The van der Waals surface area contributed by atoms with Crippen LogP contribution in [0.15, 0.2) is 18.2 Å². The molecule has 106 valence electrons. The van der Waals surface area contributed by atoms with Crippen molar-refractivity contribution >= 4 is 9.84 Å². The molecule has 1 heterocycles. The molecule has 0 saturated carbocycles. The third-order valence-corrected chi connectivity index (χ3v) is 5.98. The van der Waals surface area contributed by atoms with Crippen LogP contribution in [0.2, 0.25) is 0 Å². The Morgan fingerprint density at radius 3 is 2.63 bits per heavy atom. The van der Waals surface area contributed by atoms with Crippen molar-refractivity contribution in [3.05, 3.63) is 29.3 Å². The number of aliphatic hydroxyl groups excluding tert-OH is 1. The van der Waals surface area contributed by atoms with Crippen molar-refractivity contribution in [2.45, 2.75) is 44.1 Å². The van der Waals surface area contributed by atoms with Gasteiger partial charge in [0.2, 0.25) is 0 Å². The maximum Gasteiger partial charge on any atom is 0.155 e. The van der Waals surface area contributed by atoms with E-state index in [4.69, 9.17) is 4.74 Å². The van der Waals surface area contributed by atoms with E-state index in [2.05, 4.69) is 0 Å². The van der Waals surface area contributed by atoms with Crippen LogP contribution in [0.25, 0.3) is 0 Å². The van der Waals surface area contributed by atoms with Crippen LogP contribution in [0.1, 0.15) is 38.0 Å². The molecule has 0 fully saturated rings. The Morgan fingerprint density at radius 2 is 2.05 bits per heavy atom. The van der Waals surface area contributed by atoms with Crippen LogP contribution in [-0.4, -0.2) is 30.6 Å². The minimum Gasteiger partial charge on any atom is -0.490 e. The van der Waals surface area contributed by atoms with Gasteiger partial charge in [0.05, 0.1) is 10.9 Å². The van der Waals surface area contributed by atoms with Gasteiger partial charge in [0.1, 0.15) is 11.9 Å². The first-order chi connectivity index (χ1) is 8.63. The summed E-state index contributed by atoms with van der Waals surface area (Å²) in [5.41, 5.74) is 1.64. The van der Waals surface area contributed by atoms with Gasteiger partial charge < -0.3 is 9.84 Å². The van der Waals surface area contributed by atoms with Crippen LogP contribution in [0, 0.1) is 0 Å². The molecule has 2 atom stereocenters. The lowest BCUT2D eigenvalue weighted by Crippen LogP contribution is -2.37. The molecule has 0 aliphatic carbocycles. The molecule has 1 aliphatic heterocycles. The quantitative estimate of drug-likeness (QED) is 0.920. The van der Waals surface area contributed by atoms with E-state index in [1.807, 2.05) is 13.0 Å². The predicted octanol–water partition coefficient (Wildman–Crippen LogP) is 1.87. The summed E-state index contributed by atoms with van der Waals surface area (Å²) in [6.45, 7) is 5.06. The number of hydrogen-bond donors (Lipinski definition) is 1. The van der Waals surface area contributed by atoms with Gasteiger partial charge in [0, 0.05) is 12.7 Å². The minimum absolute atomic E-state index is 0.130. The zero-order valence-electron chi connectivity index (χ0n) is 11.7. The van der Waals surface area contributed by atoms with Crippen LogP contribution in [0.3, 0.4) is 0 Å². The van der Waals surface area contributed by atoms with Crippen LogP contribution >= 0.6 is 0 Å². The van der Waals surface area contributed by atoms with Crippen molar-refractivity contribution in [1.29, 1.82) is 0 Å². The smallest absolute Gasteiger partial charge is 0.155 e. The number of ether oxygens (including phenoxy) is 1. The molecule has 0 amide bonds. The largest absolute Gasteiger partial charge is 0.490 e. The van der Waals surface area contributed by atoms with E-state index in [9.17, 15) is 13.5 Å². The van der Waals surface area contributed by atoms with Gasteiger partial charge >= 0.3 is 0 Å². The van der Waals surface area contributed by atoms with Crippen molar-refractivity contribution in [3.63, 3.8) is 0 Å². The summed E-state index contributed by atoms with van der Waals surface area (Å²) in [7, 11) is -3.36. The van der Waals surface area contributed by atoms with Crippen molar-refractivity contribution in [3.8, 4) is 5.75 Å². The van der Waals surface area contributed by atoms with Gasteiger partial charge in [-0.3, -0.25) is 0 Å². The number of rotatable bonds is 3. The number of aliphatic hydroxyl groups is 1. The summed E-state index contributed by atoms with van der Waals surface area (Å²) in [6.07, 6.45) is 1.01. The standard InChI is InChI=1S/C14H20O4S/c1-9-7-11-8-10(5-6-12(11)18-9)13(15)14(2,3)19(4,16)17/h5-6,8-9,13,15H,7H2,1-4H3. The highest BCUT2D eigenvalue weighted by Gasteiger charge is 2.39. The highest BCUT2D eigenvalue weighted by Crippen LogP contribution is 2.36. The van der Waals surface area contributed by atoms with Crippen LogP contribution in [0.5, 0.6) is 5.75 Å². The first kappa shape index (κ1) is 14.3. The maximum absolute atomic E-state index is 11.8. The molecule has 2 unspecified atom stereocenters. The average Bonchev–Trinajstić information content (AvgIpc) is 2.65. The van der Waals surface area contributed by atoms with Gasteiger partial charge in [-0.05, 0) is 44.0 Å². The monoisotopic (exact) mass is 284 g/mol. The van der Waals surface area contributed by atoms with E-state index in [0.717, 1.165) is 24.0 Å². The Labute approximate surface area is 114 Å². The van der Waals surface area contributed by atoms with E-state index in [-0.39, 0.29) is 6.10 Å². The van der Waals surface area contributed by atoms with Gasteiger partial charge in [-0.1, -0.05) is 6.07 Å². The Kier molecular flexibility index (Phi) is 3.39. The molecule has 0 bridgehead atoms. The number of fused-ring (bicyclic) bond motifs is 1. The maximum atomic E-state index is 11.8. The first-order valence-electron chi connectivity index (χ1n) is 6.30. The highest BCUT2D eigenvalue weighted by atomic mass is 32.2. The van der Waals surface area contributed by atoms with Crippen LogP contribution in [0.4, 0.5) is 0 Å². The third kappa shape index (κ3) is 2.49. The SMILES string of the molecule is CC1Cc2cc(C(O)C(C)(C)S(C)(=O)=O)ccc2O1. The van der Waals surface area contributed by atoms with Gasteiger partial charge in [0.25, 0.3) is 0 Å². The lowest BCUT2D eigenvalue weighted by atomic mass is 9.96. The second-order valence-electron chi connectivity index (χ2n) is 5.78. The fourth-order valence-corrected chi connectivity index (χ4v) is 2.76. The molecule has 0 spiro atoms. The summed E-state index contributed by atoms with van der Waals surface area (Å²) in [6, 6.07) is 5.38. The second kappa shape index (κ2) is 4.49. The van der Waals surface area contributed by atoms with Crippen LogP contribution < -0.4 is 4.74 Å². The molecule has 1 aliphatic rings. The highest BCUT2D eigenvalue weighted by molar-refractivity contribution is 7.92. The van der Waals surface area contributed by atoms with Gasteiger partial charge in [-0.15, -0.1) is 0 Å². The number of hydrogen-bond acceptors (Lipinski definition) is 4. The summed E-state index contributed by atoms with van der Waals surface area (Å²) >= 11 is 0. The van der Waals surface area contributed by atoms with Gasteiger partial charge in [0.15, 0.2) is 9.84 Å². The van der Waals surface area contributed by atoms with E-state index >= 15 is 0 Å². The zero-order chi connectivity index (χ0) is 14.4. The lowest BCUT2D eigenvalue weighted by Gasteiger charge is -2.29. The van der Waals surface area contributed by atoms with Crippen molar-refractivity contribution < 1.29 is 18.3 Å². The molecule has 0 saturated heterocycles. The second-order valence-corrected chi connectivity index (χ2v) is 8.37. The normalized spacial score (nSPS) is 20.8. The Bertz CT molecular complexity index is 589. The predicted molar refractivity (Wildman–Crippen MR) is 74.1 cm³/mol. The summed E-state index contributed by atoms with van der Waals surface area (Å²) < 4.78 is 27.9. The first-order valence-corrected chi connectivity index (χ1v) is 8.19. The molecular formula is C14H20O4S. The molecule has 0 radical (unpaired) electrons. The number of sulfone groups is 1. The van der Waals surface area contributed by atoms with Crippen LogP contribution in [-0.2, 0) is 16.3 Å². The van der Waals surface area contributed by atoms with Gasteiger partial charge in [-0.2, -0.15) is 0 Å². The molecule has 5 heteroatoms. The third-order valence-electron chi connectivity index (χ3n) is 3.85.